The van der Waals surface area contributed by atoms with Crippen molar-refractivity contribution in [3.8, 4) is 0 Å². The zero-order chi connectivity index (χ0) is 14.5. The summed E-state index contributed by atoms with van der Waals surface area (Å²) in [6.45, 7) is 1.63. The van der Waals surface area contributed by atoms with Gasteiger partial charge in [-0.3, -0.25) is 9.59 Å². The minimum atomic E-state index is -3.21. The predicted molar refractivity (Wildman–Crippen MR) is 68.9 cm³/mol. The Balaban J connectivity index is 2.48. The smallest absolute Gasteiger partial charge is 0.306 e. The van der Waals surface area contributed by atoms with Gasteiger partial charge in [-0.25, -0.2) is 12.7 Å². The van der Waals surface area contributed by atoms with Crippen LogP contribution in [0.25, 0.3) is 0 Å². The molecule has 0 unspecified atom stereocenters. The Hall–Kier alpha value is -1.15. The first kappa shape index (κ1) is 15.9. The lowest BCUT2D eigenvalue weighted by Crippen LogP contribution is -2.37. The van der Waals surface area contributed by atoms with Crippen LogP contribution in [0.1, 0.15) is 19.3 Å². The van der Waals surface area contributed by atoms with Crippen molar-refractivity contribution >= 4 is 21.9 Å². The van der Waals surface area contributed by atoms with Crippen molar-refractivity contribution in [3.05, 3.63) is 0 Å². The van der Waals surface area contributed by atoms with Crippen molar-refractivity contribution < 1.29 is 22.7 Å². The molecule has 0 aromatic rings. The molecule has 19 heavy (non-hydrogen) atoms. The number of amides is 1. The van der Waals surface area contributed by atoms with Crippen LogP contribution in [0.5, 0.6) is 0 Å². The van der Waals surface area contributed by atoms with E-state index in [-0.39, 0.29) is 18.7 Å². The van der Waals surface area contributed by atoms with Gasteiger partial charge < -0.3 is 9.64 Å². The Kier molecular flexibility index (Phi) is 5.74. The second kappa shape index (κ2) is 6.85. The van der Waals surface area contributed by atoms with Gasteiger partial charge in [0.25, 0.3) is 0 Å². The Morgan fingerprint density at radius 2 is 1.79 bits per heavy atom. The Bertz CT molecular complexity index is 434. The number of carbonyl (C=O) groups excluding carboxylic acids is 2. The predicted octanol–water partition coefficient (Wildman–Crippen LogP) is -0.566. The minimum Gasteiger partial charge on any atom is -0.469 e. The lowest BCUT2D eigenvalue weighted by molar-refractivity contribution is -0.143. The summed E-state index contributed by atoms with van der Waals surface area (Å²) >= 11 is 0. The Labute approximate surface area is 113 Å². The van der Waals surface area contributed by atoms with E-state index in [2.05, 4.69) is 4.74 Å². The Morgan fingerprint density at radius 1 is 1.11 bits per heavy atom. The molecule has 0 atom stereocenters. The van der Waals surface area contributed by atoms with Gasteiger partial charge in [0.2, 0.25) is 15.9 Å². The van der Waals surface area contributed by atoms with Crippen LogP contribution < -0.4 is 0 Å². The Morgan fingerprint density at radius 3 is 2.37 bits per heavy atom. The number of esters is 1. The highest BCUT2D eigenvalue weighted by molar-refractivity contribution is 7.88. The topological polar surface area (TPSA) is 84.0 Å². The van der Waals surface area contributed by atoms with E-state index in [1.807, 2.05) is 0 Å². The zero-order valence-electron chi connectivity index (χ0n) is 11.3. The second-order valence-electron chi connectivity index (χ2n) is 4.47. The van der Waals surface area contributed by atoms with Crippen molar-refractivity contribution in [1.82, 2.24) is 9.21 Å². The maximum absolute atomic E-state index is 11.9. The van der Waals surface area contributed by atoms with Crippen molar-refractivity contribution in [3.63, 3.8) is 0 Å². The van der Waals surface area contributed by atoms with Gasteiger partial charge in [0.15, 0.2) is 0 Å². The number of nitrogens with zero attached hydrogens (tertiary/aromatic N) is 2. The van der Waals surface area contributed by atoms with Crippen molar-refractivity contribution in [1.29, 1.82) is 0 Å². The summed E-state index contributed by atoms with van der Waals surface area (Å²) in [4.78, 5) is 24.5. The molecule has 1 heterocycles. The van der Waals surface area contributed by atoms with Crippen LogP contribution in [0.2, 0.25) is 0 Å². The van der Waals surface area contributed by atoms with E-state index in [4.69, 9.17) is 0 Å². The molecule has 1 amide bonds. The highest BCUT2D eigenvalue weighted by Crippen LogP contribution is 2.09. The second-order valence-corrected chi connectivity index (χ2v) is 6.45. The standard InChI is InChI=1S/C11H20N2O5S/c1-18-11(15)5-4-10(14)12-6-3-7-13(9-8-12)19(2,16)17/h3-9H2,1-2H3. The lowest BCUT2D eigenvalue weighted by Gasteiger charge is -2.20. The number of sulfonamides is 1. The van der Waals surface area contributed by atoms with Crippen LogP contribution in [-0.4, -0.2) is 69.0 Å². The highest BCUT2D eigenvalue weighted by Gasteiger charge is 2.23. The molecular formula is C11H20N2O5S. The van der Waals surface area contributed by atoms with E-state index >= 15 is 0 Å². The molecule has 1 saturated heterocycles. The molecular weight excluding hydrogens is 272 g/mol. The number of hydrogen-bond donors (Lipinski definition) is 0. The maximum atomic E-state index is 11.9. The molecule has 1 rings (SSSR count). The SMILES string of the molecule is COC(=O)CCC(=O)N1CCCN(S(C)(=O)=O)CC1. The normalized spacial score (nSPS) is 17.9. The molecule has 0 N–H and O–H groups in total. The molecule has 0 saturated carbocycles. The van der Waals surface area contributed by atoms with Crippen molar-refractivity contribution in [2.45, 2.75) is 19.3 Å². The number of carbonyl (C=O) groups is 2. The molecule has 0 radical (unpaired) electrons. The first-order valence-corrected chi connectivity index (χ1v) is 7.99. The van der Waals surface area contributed by atoms with Gasteiger partial charge in [0.05, 0.1) is 19.8 Å². The third kappa shape index (κ3) is 5.15. The largest absolute Gasteiger partial charge is 0.469 e. The zero-order valence-corrected chi connectivity index (χ0v) is 12.1. The third-order valence-electron chi connectivity index (χ3n) is 3.05. The van der Waals surface area contributed by atoms with Crippen molar-refractivity contribution in [2.24, 2.45) is 0 Å². The molecule has 7 nitrogen and oxygen atoms in total. The molecule has 110 valence electrons. The summed E-state index contributed by atoms with van der Waals surface area (Å²) in [5.41, 5.74) is 0. The van der Waals surface area contributed by atoms with Gasteiger partial charge >= 0.3 is 5.97 Å². The van der Waals surface area contributed by atoms with Gasteiger partial charge in [-0.15, -0.1) is 0 Å². The quantitative estimate of drug-likeness (QED) is 0.648. The van der Waals surface area contributed by atoms with Crippen LogP contribution in [0.4, 0.5) is 0 Å². The summed E-state index contributed by atoms with van der Waals surface area (Å²) in [5, 5.41) is 0. The molecule has 0 aromatic carbocycles. The summed E-state index contributed by atoms with van der Waals surface area (Å²) in [6.07, 6.45) is 1.94. The van der Waals surface area contributed by atoms with Gasteiger partial charge in [-0.2, -0.15) is 0 Å². The van der Waals surface area contributed by atoms with E-state index in [9.17, 15) is 18.0 Å². The molecule has 1 aliphatic heterocycles. The third-order valence-corrected chi connectivity index (χ3v) is 4.35. The fourth-order valence-electron chi connectivity index (χ4n) is 1.94. The van der Waals surface area contributed by atoms with Crippen LogP contribution >= 0.6 is 0 Å². The van der Waals surface area contributed by atoms with Gasteiger partial charge in [-0.1, -0.05) is 0 Å². The fourth-order valence-corrected chi connectivity index (χ4v) is 2.82. The molecule has 1 fully saturated rings. The number of methoxy groups -OCH3 is 1. The highest BCUT2D eigenvalue weighted by atomic mass is 32.2. The molecule has 0 bridgehead atoms. The average Bonchev–Trinajstić information content (AvgIpc) is 2.60. The van der Waals surface area contributed by atoms with Crippen LogP contribution in [0, 0.1) is 0 Å². The molecule has 0 aliphatic carbocycles. The number of hydrogen-bond acceptors (Lipinski definition) is 5. The molecule has 0 aromatic heterocycles. The van der Waals surface area contributed by atoms with E-state index in [1.54, 1.807) is 4.90 Å². The van der Waals surface area contributed by atoms with Gasteiger partial charge in [0, 0.05) is 32.6 Å². The lowest BCUT2D eigenvalue weighted by atomic mass is 10.2. The summed E-state index contributed by atoms with van der Waals surface area (Å²) in [5.74, 6) is -0.554. The summed E-state index contributed by atoms with van der Waals surface area (Å²) in [7, 11) is -1.93. The van der Waals surface area contributed by atoms with Crippen LogP contribution in [0.3, 0.4) is 0 Å². The van der Waals surface area contributed by atoms with Gasteiger partial charge in [-0.05, 0) is 6.42 Å². The fraction of sp³-hybridized carbons (Fsp3) is 0.818. The first-order valence-electron chi connectivity index (χ1n) is 6.14. The van der Waals surface area contributed by atoms with E-state index < -0.39 is 16.0 Å². The molecule has 0 spiro atoms. The summed E-state index contributed by atoms with van der Waals surface area (Å²) < 4.78 is 28.7. The molecule has 8 heteroatoms. The van der Waals surface area contributed by atoms with Gasteiger partial charge in [0.1, 0.15) is 0 Å². The van der Waals surface area contributed by atoms with E-state index in [1.165, 1.54) is 17.7 Å². The van der Waals surface area contributed by atoms with Crippen LogP contribution in [0.15, 0.2) is 0 Å². The number of ether oxygens (including phenoxy) is 1. The van der Waals surface area contributed by atoms with Crippen molar-refractivity contribution in [2.75, 3.05) is 39.5 Å². The maximum Gasteiger partial charge on any atom is 0.306 e. The number of rotatable bonds is 4. The average molecular weight is 292 g/mol. The molecule has 1 aliphatic rings. The van der Waals surface area contributed by atoms with E-state index in [0.717, 1.165) is 0 Å². The first-order chi connectivity index (χ1) is 8.84. The van der Waals surface area contributed by atoms with Crippen LogP contribution in [-0.2, 0) is 24.3 Å². The van der Waals surface area contributed by atoms with E-state index in [0.29, 0.717) is 32.6 Å². The minimum absolute atomic E-state index is 0.0572. The summed E-state index contributed by atoms with van der Waals surface area (Å²) in [6, 6.07) is 0. The monoisotopic (exact) mass is 292 g/mol.